The van der Waals surface area contributed by atoms with Crippen molar-refractivity contribution in [2.45, 2.75) is 88.1 Å². The summed E-state index contributed by atoms with van der Waals surface area (Å²) in [7, 11) is -0.753. The zero-order valence-electron chi connectivity index (χ0n) is 32.8. The van der Waals surface area contributed by atoms with Crippen molar-refractivity contribution in [3.05, 3.63) is 66.2 Å². The molecule has 7 rings (SSSR count). The number of ether oxygens (including phenoxy) is 3. The Hall–Kier alpha value is -5.64. The van der Waals surface area contributed by atoms with Crippen LogP contribution in [0.3, 0.4) is 0 Å². The number of carbonyl (C=O) groups excluding carboxylic acids is 4. The molecular formula is C42H49N5O10S. The first-order valence-electron chi connectivity index (χ1n) is 19.7. The Morgan fingerprint density at radius 1 is 1.03 bits per heavy atom. The van der Waals surface area contributed by atoms with Gasteiger partial charge in [-0.2, -0.15) is 0 Å². The van der Waals surface area contributed by atoms with E-state index in [1.807, 2.05) is 49.4 Å². The number of allylic oxidation sites excluding steroid dienone is 2. The van der Waals surface area contributed by atoms with E-state index in [-0.39, 0.29) is 24.8 Å². The molecule has 4 N–H and O–H groups in total. The van der Waals surface area contributed by atoms with Crippen LogP contribution in [-0.4, -0.2) is 86.3 Å². The number of aromatic nitrogens is 1. The molecule has 0 radical (unpaired) electrons. The van der Waals surface area contributed by atoms with Crippen LogP contribution in [0.5, 0.6) is 11.5 Å². The third kappa shape index (κ3) is 9.22. The molecule has 4 amide bonds. The van der Waals surface area contributed by atoms with E-state index < -0.39 is 57.3 Å². The van der Waals surface area contributed by atoms with E-state index in [0.29, 0.717) is 66.0 Å². The number of benzene rings is 2. The number of fused-ring (bicyclic) bond motifs is 3. The second-order valence-electron chi connectivity index (χ2n) is 15.4. The molecule has 1 saturated heterocycles. The predicted molar refractivity (Wildman–Crippen MR) is 215 cm³/mol. The first-order valence-corrected chi connectivity index (χ1v) is 21.2. The smallest absolute Gasteiger partial charge is 0.407 e. The van der Waals surface area contributed by atoms with Crippen LogP contribution in [0.25, 0.3) is 33.3 Å². The van der Waals surface area contributed by atoms with Crippen molar-refractivity contribution in [3.8, 4) is 22.8 Å². The third-order valence-corrected chi connectivity index (χ3v) is 12.8. The van der Waals surface area contributed by atoms with Crippen LogP contribution >= 0.6 is 0 Å². The Morgan fingerprint density at radius 3 is 2.52 bits per heavy atom. The summed E-state index contributed by atoms with van der Waals surface area (Å²) in [4.78, 5) is 57.9. The number of hydrogen-bond donors (Lipinski definition) is 3. The molecule has 2 aliphatic carbocycles. The Kier molecular flexibility index (Phi) is 11.9. The minimum Gasteiger partial charge on any atom is -0.497 e. The number of unbranched alkanes of at least 4 members (excludes halogenated alkanes) is 3. The van der Waals surface area contributed by atoms with E-state index in [0.717, 1.165) is 35.8 Å². The lowest BCUT2D eigenvalue weighted by Crippen LogP contribution is -2.53. The summed E-state index contributed by atoms with van der Waals surface area (Å²) < 4.78 is 49.5. The number of nitrogens with one attached hydrogen (secondary N) is 2. The summed E-state index contributed by atoms with van der Waals surface area (Å²) in [6, 6.07) is 13.2. The normalized spacial score (nSPS) is 20.9. The highest BCUT2D eigenvalue weighted by atomic mass is 32.2. The van der Waals surface area contributed by atoms with E-state index in [9.17, 15) is 27.6 Å². The topological polar surface area (TPSA) is 209 Å². The van der Waals surface area contributed by atoms with Crippen LogP contribution in [0.1, 0.15) is 63.4 Å². The summed E-state index contributed by atoms with van der Waals surface area (Å²) in [5, 5.41) is 2.94. The number of aryl methyl sites for hydroxylation is 1. The summed E-state index contributed by atoms with van der Waals surface area (Å²) in [5.41, 5.74) is 10.0. The molecule has 4 aromatic rings. The molecule has 15 nitrogen and oxygen atoms in total. The summed E-state index contributed by atoms with van der Waals surface area (Å²) in [6.45, 7) is 2.03. The van der Waals surface area contributed by atoms with Crippen molar-refractivity contribution in [1.29, 1.82) is 0 Å². The Balaban J connectivity index is 0.999. The molecule has 58 heavy (non-hydrogen) atoms. The van der Waals surface area contributed by atoms with Gasteiger partial charge < -0.3 is 34.6 Å². The standard InChI is InChI=1S/C42H49N5O10S/c1-24-11-13-25(14-12-24)33-22-36(38-37(44-33)31-20-27(54-2)15-18-35(31)57-38)56-28-21-34(39(43)48)47(23-28)41(50)32(45-42(51)55-3)10-8-6-4-5-7-9-26-19-30(26)40(49)46-58(52,53)29-16-17-29/h7,9,11-15,18,20,22,26,28-30,32,34H,4-6,8,10,16-17,19,21,23H2,1-3H3,(H2,43,48)(H,45,51)(H,46,49)/b9-7-/t26-,28-,30+,32+,34+/m1/s1. The van der Waals surface area contributed by atoms with Gasteiger partial charge in [0, 0.05) is 24.0 Å². The van der Waals surface area contributed by atoms with E-state index in [1.54, 1.807) is 25.3 Å². The van der Waals surface area contributed by atoms with Crippen LogP contribution in [0, 0.1) is 18.8 Å². The summed E-state index contributed by atoms with van der Waals surface area (Å²) in [5.74, 6) is -0.876. The first kappa shape index (κ1) is 40.6. The zero-order chi connectivity index (χ0) is 41.1. The van der Waals surface area contributed by atoms with Crippen LogP contribution in [0.2, 0.25) is 0 Å². The fourth-order valence-corrected chi connectivity index (χ4v) is 8.83. The number of sulfonamides is 1. The summed E-state index contributed by atoms with van der Waals surface area (Å²) in [6.07, 6.45) is 7.60. The Labute approximate surface area is 336 Å². The second-order valence-corrected chi connectivity index (χ2v) is 17.3. The van der Waals surface area contributed by atoms with Gasteiger partial charge in [0.25, 0.3) is 0 Å². The van der Waals surface area contributed by atoms with Crippen molar-refractivity contribution in [2.75, 3.05) is 20.8 Å². The highest BCUT2D eigenvalue weighted by Crippen LogP contribution is 2.41. The van der Waals surface area contributed by atoms with Crippen LogP contribution in [0.4, 0.5) is 4.79 Å². The molecule has 2 saturated carbocycles. The molecule has 3 heterocycles. The maximum Gasteiger partial charge on any atom is 0.407 e. The number of alkyl carbamates (subject to hydrolysis) is 1. The molecule has 308 valence electrons. The number of hydrogen-bond acceptors (Lipinski definition) is 11. The molecule has 3 aliphatic rings. The van der Waals surface area contributed by atoms with Gasteiger partial charge in [0.1, 0.15) is 35.0 Å². The van der Waals surface area contributed by atoms with Crippen molar-refractivity contribution in [1.82, 2.24) is 19.9 Å². The first-order chi connectivity index (χ1) is 27.8. The molecule has 0 bridgehead atoms. The maximum absolute atomic E-state index is 14.1. The third-order valence-electron chi connectivity index (χ3n) is 11.0. The SMILES string of the molecule is COC(=O)N[C@@H](CCCCC/C=C\[C@@H]1C[C@@H]1C(=O)NS(=O)(=O)C1CC1)C(=O)N1C[C@H](Oc2cc(-c3ccc(C)cc3)nc3c2oc2ccc(OC)cc23)C[C@H]1C(N)=O. The van der Waals surface area contributed by atoms with Gasteiger partial charge in [0.15, 0.2) is 11.3 Å². The fourth-order valence-electron chi connectivity index (χ4n) is 7.47. The van der Waals surface area contributed by atoms with Gasteiger partial charge in [-0.1, -0.05) is 54.8 Å². The number of likely N-dealkylation sites (tertiary alicyclic amines) is 1. The molecule has 2 aromatic carbocycles. The molecule has 0 spiro atoms. The number of amides is 4. The highest BCUT2D eigenvalue weighted by Gasteiger charge is 2.45. The maximum atomic E-state index is 14.1. The lowest BCUT2D eigenvalue weighted by Gasteiger charge is -2.27. The lowest BCUT2D eigenvalue weighted by molar-refractivity contribution is -0.139. The molecule has 0 unspecified atom stereocenters. The molecule has 5 atom stereocenters. The monoisotopic (exact) mass is 815 g/mol. The minimum absolute atomic E-state index is 0.0229. The number of furan rings is 1. The van der Waals surface area contributed by atoms with Crippen molar-refractivity contribution in [2.24, 2.45) is 17.6 Å². The lowest BCUT2D eigenvalue weighted by atomic mass is 10.0. The molecule has 1 aliphatic heterocycles. The minimum atomic E-state index is -3.55. The van der Waals surface area contributed by atoms with Crippen LogP contribution < -0.4 is 25.2 Å². The predicted octanol–water partition coefficient (Wildman–Crippen LogP) is 5.27. The quantitative estimate of drug-likeness (QED) is 0.0923. The average Bonchev–Trinajstić information content (AvgIpc) is 4.13. The van der Waals surface area contributed by atoms with Crippen LogP contribution in [-0.2, 0) is 29.1 Å². The number of rotatable bonds is 17. The number of methoxy groups -OCH3 is 2. The van der Waals surface area contributed by atoms with Crippen LogP contribution in [0.15, 0.2) is 65.1 Å². The van der Waals surface area contributed by atoms with E-state index in [2.05, 4.69) is 10.0 Å². The molecular weight excluding hydrogens is 767 g/mol. The van der Waals surface area contributed by atoms with Gasteiger partial charge in [-0.05, 0) is 69.6 Å². The number of primary amides is 1. The Bertz CT molecular complexity index is 2340. The van der Waals surface area contributed by atoms with Crippen molar-refractivity contribution in [3.63, 3.8) is 0 Å². The average molecular weight is 816 g/mol. The van der Waals surface area contributed by atoms with Gasteiger partial charge in [0.2, 0.25) is 27.7 Å². The molecule has 3 fully saturated rings. The van der Waals surface area contributed by atoms with Gasteiger partial charge in [-0.3, -0.25) is 19.1 Å². The number of pyridine rings is 1. The van der Waals surface area contributed by atoms with E-state index >= 15 is 0 Å². The van der Waals surface area contributed by atoms with Gasteiger partial charge in [-0.25, -0.2) is 18.2 Å². The number of carbonyl (C=O) groups is 4. The molecule has 2 aromatic heterocycles. The van der Waals surface area contributed by atoms with Gasteiger partial charge >= 0.3 is 6.09 Å². The largest absolute Gasteiger partial charge is 0.497 e. The number of nitrogens with two attached hydrogens (primary N) is 1. The van der Waals surface area contributed by atoms with Gasteiger partial charge in [-0.15, -0.1) is 0 Å². The van der Waals surface area contributed by atoms with E-state index in [4.69, 9.17) is 29.3 Å². The van der Waals surface area contributed by atoms with Crippen molar-refractivity contribution < 1.29 is 46.2 Å². The Morgan fingerprint density at radius 2 is 1.81 bits per heavy atom. The number of nitrogens with zero attached hydrogens (tertiary/aromatic N) is 2. The molecule has 16 heteroatoms. The highest BCUT2D eigenvalue weighted by molar-refractivity contribution is 7.90. The second kappa shape index (κ2) is 17.1. The zero-order valence-corrected chi connectivity index (χ0v) is 33.6. The van der Waals surface area contributed by atoms with E-state index in [1.165, 1.54) is 12.0 Å². The van der Waals surface area contributed by atoms with Crippen molar-refractivity contribution >= 4 is 55.9 Å². The fraction of sp³-hybridized carbons (Fsp3) is 0.452. The summed E-state index contributed by atoms with van der Waals surface area (Å²) >= 11 is 0. The van der Waals surface area contributed by atoms with Gasteiger partial charge in [0.05, 0.1) is 37.1 Å².